The van der Waals surface area contributed by atoms with Crippen LogP contribution in [0.25, 0.3) is 6.08 Å². The van der Waals surface area contributed by atoms with Gasteiger partial charge < -0.3 is 9.80 Å². The zero-order chi connectivity index (χ0) is 20.1. The average Bonchev–Trinajstić information content (AvgIpc) is 2.98. The van der Waals surface area contributed by atoms with Gasteiger partial charge in [-0.2, -0.15) is 0 Å². The zero-order valence-corrected chi connectivity index (χ0v) is 17.3. The quantitative estimate of drug-likeness (QED) is 0.682. The van der Waals surface area contributed by atoms with Gasteiger partial charge in [-0.1, -0.05) is 12.1 Å². The molecule has 0 aromatic heterocycles. The molecule has 28 heavy (non-hydrogen) atoms. The third kappa shape index (κ3) is 4.58. The minimum absolute atomic E-state index is 0.146. The van der Waals surface area contributed by atoms with E-state index in [9.17, 15) is 14.4 Å². The molecule has 150 valence electrons. The van der Waals surface area contributed by atoms with Crippen LogP contribution in [0.5, 0.6) is 0 Å². The van der Waals surface area contributed by atoms with Crippen molar-refractivity contribution in [2.45, 2.75) is 33.1 Å². The van der Waals surface area contributed by atoms with Crippen LogP contribution in [-0.2, 0) is 9.59 Å². The molecule has 2 fully saturated rings. The van der Waals surface area contributed by atoms with Crippen LogP contribution in [0, 0.1) is 0 Å². The van der Waals surface area contributed by atoms with Crippen molar-refractivity contribution in [3.8, 4) is 0 Å². The number of amides is 3. The summed E-state index contributed by atoms with van der Waals surface area (Å²) >= 11 is 0.902. The highest BCUT2D eigenvalue weighted by Gasteiger charge is 2.37. The van der Waals surface area contributed by atoms with Gasteiger partial charge in [-0.15, -0.1) is 0 Å². The number of carbonyl (C=O) groups excluding carboxylic acids is 3. The van der Waals surface area contributed by atoms with Gasteiger partial charge in [0.05, 0.1) is 4.91 Å². The number of carbonyl (C=O) groups is 3. The number of hydrogen-bond donors (Lipinski definition) is 0. The SMILES string of the molecule is CCN(CC)c1ccc(/C=C2\SC(=O)N(CC(=O)N3CCCCC3)C2=O)cc1. The number of piperidine rings is 1. The highest BCUT2D eigenvalue weighted by atomic mass is 32.2. The molecular weight excluding hydrogens is 374 g/mol. The minimum atomic E-state index is -0.381. The molecule has 0 aliphatic carbocycles. The molecule has 2 aliphatic rings. The van der Waals surface area contributed by atoms with Gasteiger partial charge in [0.1, 0.15) is 6.54 Å². The largest absolute Gasteiger partial charge is 0.372 e. The lowest BCUT2D eigenvalue weighted by atomic mass is 10.1. The summed E-state index contributed by atoms with van der Waals surface area (Å²) in [6.07, 6.45) is 4.82. The molecule has 3 rings (SSSR count). The fourth-order valence-corrected chi connectivity index (χ4v) is 4.37. The van der Waals surface area contributed by atoms with Gasteiger partial charge in [-0.25, -0.2) is 0 Å². The molecule has 1 aromatic rings. The van der Waals surface area contributed by atoms with Crippen molar-refractivity contribution in [3.05, 3.63) is 34.7 Å². The Hall–Kier alpha value is -2.28. The second-order valence-electron chi connectivity index (χ2n) is 6.97. The first-order valence-electron chi connectivity index (χ1n) is 9.91. The van der Waals surface area contributed by atoms with E-state index >= 15 is 0 Å². The number of anilines is 1. The first kappa shape index (κ1) is 20.5. The fraction of sp³-hybridized carbons (Fsp3) is 0.476. The van der Waals surface area contributed by atoms with Crippen molar-refractivity contribution in [1.29, 1.82) is 0 Å². The number of hydrogen-bond acceptors (Lipinski definition) is 5. The summed E-state index contributed by atoms with van der Waals surface area (Å²) in [7, 11) is 0. The molecule has 0 unspecified atom stereocenters. The summed E-state index contributed by atoms with van der Waals surface area (Å²) in [5.41, 5.74) is 1.99. The zero-order valence-electron chi connectivity index (χ0n) is 16.5. The summed E-state index contributed by atoms with van der Waals surface area (Å²) in [5, 5.41) is -0.374. The molecule has 3 amide bonds. The van der Waals surface area contributed by atoms with Gasteiger partial charge in [-0.3, -0.25) is 19.3 Å². The van der Waals surface area contributed by atoms with Crippen molar-refractivity contribution in [2.75, 3.05) is 37.6 Å². The molecule has 0 spiro atoms. The smallest absolute Gasteiger partial charge is 0.294 e. The molecule has 7 heteroatoms. The topological polar surface area (TPSA) is 60.9 Å². The standard InChI is InChI=1S/C21H27N3O3S/c1-3-22(4-2)17-10-8-16(9-11-17)14-18-20(26)24(21(27)28-18)15-19(25)23-12-6-5-7-13-23/h8-11,14H,3-7,12-13,15H2,1-2H3/b18-14-. The van der Waals surface area contributed by atoms with Crippen molar-refractivity contribution in [1.82, 2.24) is 9.80 Å². The fourth-order valence-electron chi connectivity index (χ4n) is 3.54. The second-order valence-corrected chi connectivity index (χ2v) is 7.97. The third-order valence-corrected chi connectivity index (χ3v) is 6.10. The Kier molecular flexibility index (Phi) is 6.78. The van der Waals surface area contributed by atoms with E-state index in [0.717, 1.165) is 60.3 Å². The van der Waals surface area contributed by atoms with E-state index in [1.165, 1.54) is 0 Å². The summed E-state index contributed by atoms with van der Waals surface area (Å²) in [6, 6.07) is 7.92. The highest BCUT2D eigenvalue weighted by Crippen LogP contribution is 2.32. The minimum Gasteiger partial charge on any atom is -0.372 e. The van der Waals surface area contributed by atoms with Crippen LogP contribution < -0.4 is 4.90 Å². The lowest BCUT2D eigenvalue weighted by Gasteiger charge is -2.27. The first-order chi connectivity index (χ1) is 13.5. The molecule has 0 saturated carbocycles. The molecule has 1 aromatic carbocycles. The first-order valence-corrected chi connectivity index (χ1v) is 10.7. The van der Waals surface area contributed by atoms with Crippen LogP contribution >= 0.6 is 11.8 Å². The van der Waals surface area contributed by atoms with Gasteiger partial charge in [0, 0.05) is 31.9 Å². The second kappa shape index (κ2) is 9.28. The summed E-state index contributed by atoms with van der Waals surface area (Å²) in [6.45, 7) is 7.34. The van der Waals surface area contributed by atoms with E-state index in [4.69, 9.17) is 0 Å². The van der Waals surface area contributed by atoms with E-state index in [-0.39, 0.29) is 23.6 Å². The Morgan fingerprint density at radius 1 is 1.07 bits per heavy atom. The Balaban J connectivity index is 1.67. The number of nitrogens with zero attached hydrogens (tertiary/aromatic N) is 3. The van der Waals surface area contributed by atoms with Crippen molar-refractivity contribution in [3.63, 3.8) is 0 Å². The van der Waals surface area contributed by atoms with Crippen LogP contribution in [0.1, 0.15) is 38.7 Å². The number of likely N-dealkylation sites (tertiary alicyclic amines) is 1. The Morgan fingerprint density at radius 3 is 2.32 bits per heavy atom. The third-order valence-electron chi connectivity index (χ3n) is 5.20. The molecular formula is C21H27N3O3S. The number of rotatable bonds is 6. The van der Waals surface area contributed by atoms with Crippen LogP contribution in [0.15, 0.2) is 29.2 Å². The summed E-state index contributed by atoms with van der Waals surface area (Å²) in [4.78, 5) is 42.8. The normalized spacial score (nSPS) is 18.9. The van der Waals surface area contributed by atoms with Crippen molar-refractivity contribution in [2.24, 2.45) is 0 Å². The van der Waals surface area contributed by atoms with Crippen molar-refractivity contribution < 1.29 is 14.4 Å². The summed E-state index contributed by atoms with van der Waals surface area (Å²) < 4.78 is 0. The maximum atomic E-state index is 12.6. The number of thioether (sulfide) groups is 1. The van der Waals surface area contributed by atoms with E-state index in [1.54, 1.807) is 11.0 Å². The molecule has 2 heterocycles. The lowest BCUT2D eigenvalue weighted by molar-refractivity contribution is -0.136. The van der Waals surface area contributed by atoms with E-state index in [1.807, 2.05) is 24.3 Å². The van der Waals surface area contributed by atoms with Gasteiger partial charge >= 0.3 is 0 Å². The summed E-state index contributed by atoms with van der Waals surface area (Å²) in [5.74, 6) is -0.528. The maximum Gasteiger partial charge on any atom is 0.294 e. The molecule has 2 saturated heterocycles. The van der Waals surface area contributed by atoms with Crippen LogP contribution in [0.2, 0.25) is 0 Å². The van der Waals surface area contributed by atoms with Gasteiger partial charge in [0.15, 0.2) is 0 Å². The van der Waals surface area contributed by atoms with Gasteiger partial charge in [0.25, 0.3) is 11.1 Å². The van der Waals surface area contributed by atoms with Crippen LogP contribution in [-0.4, -0.2) is 59.6 Å². The molecule has 6 nitrogen and oxygen atoms in total. The highest BCUT2D eigenvalue weighted by molar-refractivity contribution is 8.18. The maximum absolute atomic E-state index is 12.6. The number of benzene rings is 1. The van der Waals surface area contributed by atoms with Crippen LogP contribution in [0.4, 0.5) is 10.5 Å². The van der Waals surface area contributed by atoms with Gasteiger partial charge in [-0.05, 0) is 68.6 Å². The van der Waals surface area contributed by atoms with E-state index in [2.05, 4.69) is 18.7 Å². The Morgan fingerprint density at radius 2 is 1.71 bits per heavy atom. The molecule has 0 atom stereocenters. The van der Waals surface area contributed by atoms with Crippen LogP contribution in [0.3, 0.4) is 0 Å². The predicted octanol–water partition coefficient (Wildman–Crippen LogP) is 3.58. The molecule has 0 radical (unpaired) electrons. The molecule has 2 aliphatic heterocycles. The average molecular weight is 402 g/mol. The molecule has 0 N–H and O–H groups in total. The van der Waals surface area contributed by atoms with E-state index in [0.29, 0.717) is 18.0 Å². The molecule has 0 bridgehead atoms. The number of imide groups is 1. The Labute approximate surface area is 170 Å². The Bertz CT molecular complexity index is 766. The predicted molar refractivity (Wildman–Crippen MR) is 113 cm³/mol. The van der Waals surface area contributed by atoms with E-state index < -0.39 is 0 Å². The monoisotopic (exact) mass is 401 g/mol. The van der Waals surface area contributed by atoms with Crippen molar-refractivity contribution >= 4 is 40.6 Å². The van der Waals surface area contributed by atoms with Gasteiger partial charge in [0.2, 0.25) is 5.91 Å². The lowest BCUT2D eigenvalue weighted by Crippen LogP contribution is -2.44.